The molecule has 0 saturated heterocycles. The van der Waals surface area contributed by atoms with Crippen LogP contribution in [0.25, 0.3) is 0 Å². The standard InChI is InChI=1S/2C35H60OSi.C29H46O.C6H15ClSi.3CH4/c2*1-23(2)24(3)15-16-25(4)30-17-18-31-28(14-13-19-34(30,31)10)20-26(5)35-22-29(35)21-32(27(35)6)36-37(11,12)33(7,8)9;1-18(2)19(3)10-11-20(4)25-12-13-26-23(9-8-14-28(25,26)7)15-21(5)29-17-24(29)16-27(30)22(29)6;1-6(2,3)8(4,5)7;;;/h2*15-16,20,23-26,29-32H,6,13-14,17-19,21-22H2,1-5,7-12H3;10-11,15,18-21,24-27,30H,6,8-9,12-14,16-17H2,1-5,7H3;1-5H3;3*1H4/b2*16-15+,28-20+;11-10+,23-15+;;;;/t24-,25+,26?,29?,30+,31-,32-,34+,35-;24-,25+,26+,29?,30+,31-,32-,34+,35-;19-,20+,21?,24?,25+,26-,27-,28+,29-;;;;/m000..../s1. The Bertz CT molecular complexity index is 3290. The lowest BCUT2D eigenvalue weighted by Gasteiger charge is -2.44. The van der Waals surface area contributed by atoms with E-state index >= 15 is 0 Å². The van der Waals surface area contributed by atoms with E-state index in [1.807, 2.05) is 0 Å². The maximum absolute atomic E-state index is 10.3. The Hall–Kier alpha value is -1.52. The van der Waals surface area contributed by atoms with E-state index in [1.54, 1.807) is 16.7 Å². The minimum Gasteiger partial charge on any atom is -0.410 e. The van der Waals surface area contributed by atoms with Crippen LogP contribution in [0.2, 0.25) is 54.4 Å². The second kappa shape index (κ2) is 37.7. The smallest absolute Gasteiger partial charge is 0.192 e. The first-order chi connectivity index (χ1) is 51.4. The van der Waals surface area contributed by atoms with Crippen molar-refractivity contribution in [2.24, 2.45) is 157 Å². The molecule has 0 amide bonds. The highest BCUT2D eigenvalue weighted by atomic mass is 35.6. The summed E-state index contributed by atoms with van der Waals surface area (Å²) in [7, 11) is -4.95. The first-order valence-electron chi connectivity index (χ1n) is 47.4. The third kappa shape index (κ3) is 20.7. The van der Waals surface area contributed by atoms with Crippen LogP contribution in [0.3, 0.4) is 0 Å². The predicted molar refractivity (Wildman–Crippen MR) is 519 cm³/mol. The van der Waals surface area contributed by atoms with Crippen LogP contribution in [0.4, 0.5) is 0 Å². The topological polar surface area (TPSA) is 38.7 Å². The summed E-state index contributed by atoms with van der Waals surface area (Å²) in [6.07, 6.45) is 51.6. The Morgan fingerprint density at radius 2 is 0.652 bits per heavy atom. The summed E-state index contributed by atoms with van der Waals surface area (Å²) in [6, 6.07) is 0. The lowest BCUT2D eigenvalue weighted by molar-refractivity contribution is 0.111. The fourth-order valence-corrected chi connectivity index (χ4v) is 27.6. The van der Waals surface area contributed by atoms with Crippen LogP contribution in [-0.4, -0.2) is 47.4 Å². The molecule has 12 rings (SSSR count). The zero-order valence-electron chi connectivity index (χ0n) is 79.7. The largest absolute Gasteiger partial charge is 0.410 e. The lowest BCUT2D eigenvalue weighted by atomic mass is 9.60. The Labute approximate surface area is 725 Å². The summed E-state index contributed by atoms with van der Waals surface area (Å²) in [5.41, 5.74) is 11.6. The summed E-state index contributed by atoms with van der Waals surface area (Å²) >= 11 is 6.15. The van der Waals surface area contributed by atoms with Crippen molar-refractivity contribution >= 4 is 35.1 Å². The quantitative estimate of drug-likeness (QED) is 0.0667. The highest BCUT2D eigenvalue weighted by molar-refractivity contribution is 7.20. The van der Waals surface area contributed by atoms with Crippen molar-refractivity contribution in [2.45, 2.75) is 417 Å². The average molecular weight is 1660 g/mol. The van der Waals surface area contributed by atoms with Gasteiger partial charge in [-0.1, -0.05) is 313 Å². The fraction of sp³-hybridized carbons (Fsp3) is 0.833. The van der Waals surface area contributed by atoms with Crippen LogP contribution >= 0.6 is 11.1 Å². The number of halogens is 1. The van der Waals surface area contributed by atoms with Gasteiger partial charge < -0.3 is 14.0 Å². The van der Waals surface area contributed by atoms with E-state index < -0.39 is 24.0 Å². The highest BCUT2D eigenvalue weighted by Crippen LogP contribution is 2.75. The first-order valence-corrected chi connectivity index (χ1v) is 57.2. The van der Waals surface area contributed by atoms with Crippen LogP contribution in [0.1, 0.15) is 344 Å². The van der Waals surface area contributed by atoms with Gasteiger partial charge in [0.25, 0.3) is 0 Å². The van der Waals surface area contributed by atoms with Crippen LogP contribution in [0.15, 0.2) is 108 Å². The molecule has 3 nitrogen and oxygen atoms in total. The second-order valence-electron chi connectivity index (χ2n) is 48.0. The van der Waals surface area contributed by atoms with Gasteiger partial charge in [-0.25, -0.2) is 0 Å². The van der Waals surface area contributed by atoms with E-state index in [4.69, 9.17) is 33.1 Å². The number of hydrogen-bond donors (Lipinski definition) is 1. The number of aliphatic hydroxyl groups excluding tert-OH is 1. The normalized spacial score (nSPS) is 38.3. The SMILES string of the molecule is C.C.C.C=C1[C@@H](O)CC2C[C@]12C(C)/C=C1\CCC[C@]2(C)[C@@H]([C@H](C)/C=C/[C@H](C)C(C)C)CC[C@@H]12.C=C1[C@@H](O[Si](C)(C)C(C)(C)C)CC2C[C@]12C(C)/C=C1\CCC[C@]2(C)[C@@H]([C@H](C)/C=C/[C@H](C)C(C)C)CC[C@@H]12.C=C1[C@@H](O[Si](C)(C)C(C)(C)C)CC2C[C@]12[C@H](C)/C=C1\CCC[C@]2(C)[C@@H]([C@H](C)/C=C/[C@H](C)C(C)C)CC[C@@H]12.CC(C)(C)[Si](C)(C)Cl. The predicted octanol–water partition coefficient (Wildman–Crippen LogP) is 33.9. The van der Waals surface area contributed by atoms with Crippen molar-refractivity contribution in [2.75, 3.05) is 0 Å². The minimum atomic E-state index is -1.78. The van der Waals surface area contributed by atoms with E-state index in [1.165, 1.54) is 140 Å². The fourth-order valence-electron chi connectivity index (χ4n) is 25.0. The van der Waals surface area contributed by atoms with E-state index in [-0.39, 0.29) is 56.1 Å². The highest BCUT2D eigenvalue weighted by Gasteiger charge is 2.68. The molecule has 0 bridgehead atoms. The summed E-state index contributed by atoms with van der Waals surface area (Å²) in [5.74, 6) is 15.0. The summed E-state index contributed by atoms with van der Waals surface area (Å²) in [4.78, 5) is 0. The molecular weight excluding hydrogens is 1460 g/mol. The van der Waals surface area contributed by atoms with E-state index in [2.05, 4.69) is 287 Å². The van der Waals surface area contributed by atoms with E-state index in [0.29, 0.717) is 91.3 Å². The van der Waals surface area contributed by atoms with Crippen LogP contribution in [0, 0.1) is 157 Å². The Balaban J connectivity index is 0.000000254. The number of allylic oxidation sites excluding steroid dienone is 12. The van der Waals surface area contributed by atoms with Gasteiger partial charge in [0.15, 0.2) is 24.0 Å². The number of hydrogen-bond acceptors (Lipinski definition) is 3. The van der Waals surface area contributed by atoms with Crippen molar-refractivity contribution in [3.05, 3.63) is 108 Å². The molecule has 0 aliphatic heterocycles. The average Bonchev–Trinajstić information content (AvgIpc) is 1.51. The van der Waals surface area contributed by atoms with Crippen molar-refractivity contribution in [1.29, 1.82) is 0 Å². The van der Waals surface area contributed by atoms with Crippen molar-refractivity contribution < 1.29 is 14.0 Å². The van der Waals surface area contributed by atoms with Gasteiger partial charge in [-0.05, 0) is 333 Å². The monoisotopic (exact) mass is 1660 g/mol. The van der Waals surface area contributed by atoms with Gasteiger partial charge in [0.1, 0.15) is 0 Å². The van der Waals surface area contributed by atoms with Gasteiger partial charge in [0, 0.05) is 16.2 Å². The Kier molecular flexibility index (Phi) is 33.6. The summed E-state index contributed by atoms with van der Waals surface area (Å²) < 4.78 is 13.9. The molecular formula is C108H193ClO3Si3. The van der Waals surface area contributed by atoms with E-state index in [0.717, 1.165) is 77.1 Å². The molecule has 0 spiro atoms. The molecule has 12 saturated carbocycles. The molecule has 27 atom stereocenters. The minimum absolute atomic E-state index is 0. The van der Waals surface area contributed by atoms with Gasteiger partial charge in [-0.2, -0.15) is 11.1 Å². The van der Waals surface area contributed by atoms with Gasteiger partial charge >= 0.3 is 0 Å². The zero-order valence-corrected chi connectivity index (χ0v) is 83.4. The van der Waals surface area contributed by atoms with Crippen LogP contribution in [0.5, 0.6) is 0 Å². The molecule has 1 N–H and O–H groups in total. The number of rotatable bonds is 22. The van der Waals surface area contributed by atoms with Gasteiger partial charge in [-0.3, -0.25) is 0 Å². The third-order valence-electron chi connectivity index (χ3n) is 37.4. The first kappa shape index (κ1) is 102. The molecule has 5 unspecified atom stereocenters. The molecule has 12 aliphatic rings. The van der Waals surface area contributed by atoms with Gasteiger partial charge in [-0.15, -0.1) is 0 Å². The van der Waals surface area contributed by atoms with Crippen LogP contribution < -0.4 is 0 Å². The molecule has 115 heavy (non-hydrogen) atoms. The lowest BCUT2D eigenvalue weighted by Crippen LogP contribution is -2.44. The molecule has 7 heteroatoms. The van der Waals surface area contributed by atoms with Gasteiger partial charge in [0.05, 0.1) is 18.3 Å². The maximum Gasteiger partial charge on any atom is 0.192 e. The third-order valence-corrected chi connectivity index (χ3v) is 51.6. The molecule has 0 heterocycles. The zero-order chi connectivity index (χ0) is 83.9. The molecule has 662 valence electrons. The molecule has 0 radical (unpaired) electrons. The molecule has 0 aromatic heterocycles. The summed E-state index contributed by atoms with van der Waals surface area (Å²) in [5, 5.41) is 11.2. The number of fused-ring (bicyclic) bond motifs is 6. The molecule has 0 aromatic carbocycles. The molecule has 12 aliphatic carbocycles. The van der Waals surface area contributed by atoms with Crippen molar-refractivity contribution in [3.8, 4) is 0 Å². The van der Waals surface area contributed by atoms with E-state index in [9.17, 15) is 5.11 Å². The van der Waals surface area contributed by atoms with Crippen molar-refractivity contribution in [1.82, 2.24) is 0 Å². The Morgan fingerprint density at radius 1 is 0.400 bits per heavy atom. The Morgan fingerprint density at radius 3 is 0.878 bits per heavy atom. The maximum atomic E-state index is 10.3. The number of aliphatic hydroxyl groups is 1. The van der Waals surface area contributed by atoms with Gasteiger partial charge in [0.2, 0.25) is 0 Å². The molecule has 0 aromatic rings. The van der Waals surface area contributed by atoms with Crippen LogP contribution in [-0.2, 0) is 8.85 Å². The molecule has 12 fully saturated rings. The second-order valence-corrected chi connectivity index (χ2v) is 64.8. The van der Waals surface area contributed by atoms with Crippen molar-refractivity contribution in [3.63, 3.8) is 0 Å². The summed E-state index contributed by atoms with van der Waals surface area (Å²) in [6.45, 7) is 92.5.